The van der Waals surface area contributed by atoms with Gasteiger partial charge in [-0.3, -0.25) is 4.79 Å². The molecule has 1 amide bonds. The van der Waals surface area contributed by atoms with Crippen molar-refractivity contribution in [1.29, 1.82) is 0 Å². The minimum absolute atomic E-state index is 0.129. The van der Waals surface area contributed by atoms with Gasteiger partial charge in [-0.25, -0.2) is 12.7 Å². The normalized spacial score (nSPS) is 14.9. The zero-order chi connectivity index (χ0) is 21.2. The third-order valence-electron chi connectivity index (χ3n) is 5.37. The van der Waals surface area contributed by atoms with Gasteiger partial charge in [-0.2, -0.15) is 0 Å². The number of hydrogen-bond donors (Lipinski definition) is 0. The van der Waals surface area contributed by atoms with Crippen molar-refractivity contribution in [3.63, 3.8) is 0 Å². The summed E-state index contributed by atoms with van der Waals surface area (Å²) in [7, 11) is 1.08. The zero-order valence-electron chi connectivity index (χ0n) is 17.6. The summed E-state index contributed by atoms with van der Waals surface area (Å²) in [6.45, 7) is 3.72. The van der Waals surface area contributed by atoms with Crippen molar-refractivity contribution in [1.82, 2.24) is 4.31 Å². The minimum atomic E-state index is -3.63. The molecule has 1 fully saturated rings. The number of sulfonamides is 1. The molecule has 156 valence electrons. The molecule has 0 aliphatic carbocycles. The standard InChI is InChI=1S/C22H29N3O3S/c1-17-9-8-10-18(15-17)24(4)22(26)20-16-19(29(27,28)23(2)3)11-12-21(20)25-13-6-5-7-14-25/h8-12,15-16H,5-7,13-14H2,1-4H3. The van der Waals surface area contributed by atoms with Gasteiger partial charge in [0.15, 0.2) is 0 Å². The summed E-state index contributed by atoms with van der Waals surface area (Å²) in [4.78, 5) is 17.4. The molecule has 2 aromatic rings. The number of benzene rings is 2. The fourth-order valence-electron chi connectivity index (χ4n) is 3.60. The first-order chi connectivity index (χ1) is 13.7. The Bertz CT molecular complexity index is 996. The van der Waals surface area contributed by atoms with Gasteiger partial charge in [0.2, 0.25) is 10.0 Å². The molecule has 29 heavy (non-hydrogen) atoms. The van der Waals surface area contributed by atoms with Crippen LogP contribution in [-0.4, -0.2) is 52.9 Å². The number of anilines is 2. The van der Waals surface area contributed by atoms with Gasteiger partial charge >= 0.3 is 0 Å². The fourth-order valence-corrected chi connectivity index (χ4v) is 4.53. The molecule has 3 rings (SSSR count). The third-order valence-corrected chi connectivity index (χ3v) is 7.18. The largest absolute Gasteiger partial charge is 0.371 e. The van der Waals surface area contributed by atoms with Crippen LogP contribution < -0.4 is 9.80 Å². The highest BCUT2D eigenvalue weighted by atomic mass is 32.2. The Hall–Kier alpha value is -2.38. The smallest absolute Gasteiger partial charge is 0.260 e. The molecule has 6 nitrogen and oxygen atoms in total. The molecule has 1 aliphatic heterocycles. The van der Waals surface area contributed by atoms with E-state index in [0.717, 1.165) is 42.9 Å². The molecule has 0 saturated carbocycles. The first-order valence-corrected chi connectivity index (χ1v) is 11.3. The fraction of sp³-hybridized carbons (Fsp3) is 0.409. The minimum Gasteiger partial charge on any atom is -0.371 e. The first kappa shape index (κ1) is 21.3. The van der Waals surface area contributed by atoms with Crippen molar-refractivity contribution in [2.24, 2.45) is 0 Å². The summed E-state index contributed by atoms with van der Waals surface area (Å²) in [5, 5.41) is 0. The van der Waals surface area contributed by atoms with E-state index in [0.29, 0.717) is 5.56 Å². The summed E-state index contributed by atoms with van der Waals surface area (Å²) in [5.74, 6) is -0.216. The van der Waals surface area contributed by atoms with Crippen LogP contribution in [0.4, 0.5) is 11.4 Å². The molecule has 2 aromatic carbocycles. The van der Waals surface area contributed by atoms with E-state index in [1.807, 2.05) is 31.2 Å². The van der Waals surface area contributed by atoms with Crippen molar-refractivity contribution < 1.29 is 13.2 Å². The van der Waals surface area contributed by atoms with E-state index >= 15 is 0 Å². The van der Waals surface area contributed by atoms with Gasteiger partial charge in [-0.05, 0) is 62.1 Å². The highest BCUT2D eigenvalue weighted by molar-refractivity contribution is 7.89. The Kier molecular flexibility index (Phi) is 6.29. The van der Waals surface area contributed by atoms with Crippen LogP contribution in [0.3, 0.4) is 0 Å². The van der Waals surface area contributed by atoms with E-state index in [1.54, 1.807) is 24.1 Å². The molecule has 7 heteroatoms. The average Bonchev–Trinajstić information content (AvgIpc) is 2.72. The Morgan fingerprint density at radius 3 is 2.28 bits per heavy atom. The number of amides is 1. The molecular formula is C22H29N3O3S. The van der Waals surface area contributed by atoms with Crippen LogP contribution in [0.15, 0.2) is 47.4 Å². The molecule has 1 aliphatic rings. The van der Waals surface area contributed by atoms with E-state index in [9.17, 15) is 13.2 Å². The van der Waals surface area contributed by atoms with Crippen LogP contribution >= 0.6 is 0 Å². The summed E-state index contributed by atoms with van der Waals surface area (Å²) >= 11 is 0. The van der Waals surface area contributed by atoms with E-state index in [2.05, 4.69) is 4.90 Å². The second-order valence-electron chi connectivity index (χ2n) is 7.72. The molecule has 0 aromatic heterocycles. The summed E-state index contributed by atoms with van der Waals surface area (Å²) in [6, 6.07) is 12.6. The van der Waals surface area contributed by atoms with E-state index < -0.39 is 10.0 Å². The summed E-state index contributed by atoms with van der Waals surface area (Å²) < 4.78 is 26.5. The lowest BCUT2D eigenvalue weighted by Gasteiger charge is -2.31. The quantitative estimate of drug-likeness (QED) is 0.750. The van der Waals surface area contributed by atoms with Crippen molar-refractivity contribution in [2.45, 2.75) is 31.1 Å². The lowest BCUT2D eigenvalue weighted by molar-refractivity contribution is 0.0993. The number of nitrogens with zero attached hydrogens (tertiary/aromatic N) is 3. The lowest BCUT2D eigenvalue weighted by atomic mass is 10.1. The molecule has 0 atom stereocenters. The molecule has 1 heterocycles. The van der Waals surface area contributed by atoms with Gasteiger partial charge in [0.25, 0.3) is 5.91 Å². The molecular weight excluding hydrogens is 386 g/mol. The summed E-state index contributed by atoms with van der Waals surface area (Å²) in [6.07, 6.45) is 3.31. The second kappa shape index (κ2) is 8.55. The van der Waals surface area contributed by atoms with Crippen LogP contribution in [-0.2, 0) is 10.0 Å². The van der Waals surface area contributed by atoms with Crippen LogP contribution in [0, 0.1) is 6.92 Å². The Morgan fingerprint density at radius 2 is 1.66 bits per heavy atom. The van der Waals surface area contributed by atoms with Crippen molar-refractivity contribution in [3.05, 3.63) is 53.6 Å². The molecule has 0 unspecified atom stereocenters. The topological polar surface area (TPSA) is 60.9 Å². The summed E-state index contributed by atoms with van der Waals surface area (Å²) in [5.41, 5.74) is 3.05. The first-order valence-electron chi connectivity index (χ1n) is 9.88. The number of piperidine rings is 1. The van der Waals surface area contributed by atoms with Crippen LogP contribution in [0.1, 0.15) is 35.2 Å². The second-order valence-corrected chi connectivity index (χ2v) is 9.87. The zero-order valence-corrected chi connectivity index (χ0v) is 18.4. The maximum atomic E-state index is 13.5. The van der Waals surface area contributed by atoms with Crippen LogP contribution in [0.5, 0.6) is 0 Å². The predicted molar refractivity (Wildman–Crippen MR) is 117 cm³/mol. The molecule has 0 N–H and O–H groups in total. The van der Waals surface area contributed by atoms with Gasteiger partial charge in [-0.1, -0.05) is 12.1 Å². The monoisotopic (exact) mass is 415 g/mol. The number of carbonyl (C=O) groups is 1. The Labute approximate surface area is 173 Å². The maximum absolute atomic E-state index is 13.5. The maximum Gasteiger partial charge on any atom is 0.260 e. The highest BCUT2D eigenvalue weighted by Gasteiger charge is 2.26. The van der Waals surface area contributed by atoms with Gasteiger partial charge in [0.05, 0.1) is 10.5 Å². The highest BCUT2D eigenvalue weighted by Crippen LogP contribution is 2.30. The molecule has 0 radical (unpaired) electrons. The SMILES string of the molecule is Cc1cccc(N(C)C(=O)c2cc(S(=O)(=O)N(C)C)ccc2N2CCCCC2)c1. The number of hydrogen-bond acceptors (Lipinski definition) is 4. The average molecular weight is 416 g/mol. The van der Waals surface area contributed by atoms with Gasteiger partial charge in [0.1, 0.15) is 0 Å². The Balaban J connectivity index is 2.08. The van der Waals surface area contributed by atoms with Crippen LogP contribution in [0.2, 0.25) is 0 Å². The Morgan fingerprint density at radius 1 is 0.966 bits per heavy atom. The van der Waals surface area contributed by atoms with E-state index in [1.165, 1.54) is 30.9 Å². The van der Waals surface area contributed by atoms with Gasteiger partial charge < -0.3 is 9.80 Å². The van der Waals surface area contributed by atoms with Crippen molar-refractivity contribution in [3.8, 4) is 0 Å². The van der Waals surface area contributed by atoms with E-state index in [-0.39, 0.29) is 10.8 Å². The predicted octanol–water partition coefficient (Wildman–Crippen LogP) is 3.51. The van der Waals surface area contributed by atoms with E-state index in [4.69, 9.17) is 0 Å². The third kappa shape index (κ3) is 4.46. The number of rotatable bonds is 5. The molecule has 0 spiro atoms. The number of aryl methyl sites for hydroxylation is 1. The molecule has 0 bridgehead atoms. The molecule has 1 saturated heterocycles. The number of carbonyl (C=O) groups excluding carboxylic acids is 1. The van der Waals surface area contributed by atoms with Gasteiger partial charge in [0, 0.05) is 45.6 Å². The van der Waals surface area contributed by atoms with Crippen LogP contribution in [0.25, 0.3) is 0 Å². The van der Waals surface area contributed by atoms with Gasteiger partial charge in [-0.15, -0.1) is 0 Å². The lowest BCUT2D eigenvalue weighted by Crippen LogP contribution is -2.34. The van der Waals surface area contributed by atoms with Crippen molar-refractivity contribution in [2.75, 3.05) is 44.0 Å². The van der Waals surface area contributed by atoms with Crippen molar-refractivity contribution >= 4 is 27.3 Å².